The lowest BCUT2D eigenvalue weighted by atomic mass is 10.0. The highest BCUT2D eigenvalue weighted by molar-refractivity contribution is 6.01. The van der Waals surface area contributed by atoms with Crippen molar-refractivity contribution in [1.29, 1.82) is 0 Å². The first-order valence-corrected chi connectivity index (χ1v) is 10.2. The van der Waals surface area contributed by atoms with Gasteiger partial charge in [0.2, 0.25) is 11.8 Å². The number of carbonyl (C=O) groups excluding carboxylic acids is 2. The van der Waals surface area contributed by atoms with Crippen molar-refractivity contribution >= 4 is 23.2 Å². The van der Waals surface area contributed by atoms with Crippen molar-refractivity contribution in [1.82, 2.24) is 10.5 Å². The zero-order chi connectivity index (χ0) is 21.3. The summed E-state index contributed by atoms with van der Waals surface area (Å²) in [6.45, 7) is 8.28. The Balaban J connectivity index is 1.63. The first kappa shape index (κ1) is 20.0. The number of anilines is 2. The van der Waals surface area contributed by atoms with E-state index in [1.807, 2.05) is 32.0 Å². The van der Waals surface area contributed by atoms with Crippen molar-refractivity contribution in [2.24, 2.45) is 0 Å². The van der Waals surface area contributed by atoms with Gasteiger partial charge in [0.1, 0.15) is 11.8 Å². The molecule has 2 saturated heterocycles. The van der Waals surface area contributed by atoms with Crippen LogP contribution in [-0.2, 0) is 14.3 Å². The number of aromatic nitrogens is 1. The number of rotatable bonds is 5. The fourth-order valence-electron chi connectivity index (χ4n) is 3.98. The van der Waals surface area contributed by atoms with Gasteiger partial charge in [-0.3, -0.25) is 9.59 Å². The molecule has 0 bridgehead atoms. The van der Waals surface area contributed by atoms with Crippen LogP contribution in [0.2, 0.25) is 0 Å². The summed E-state index contributed by atoms with van der Waals surface area (Å²) < 4.78 is 10.8. The van der Waals surface area contributed by atoms with Crippen molar-refractivity contribution in [2.45, 2.75) is 51.6 Å². The van der Waals surface area contributed by atoms with Crippen molar-refractivity contribution < 1.29 is 18.8 Å². The molecule has 2 aliphatic rings. The van der Waals surface area contributed by atoms with E-state index < -0.39 is 6.04 Å². The minimum absolute atomic E-state index is 0.0984. The van der Waals surface area contributed by atoms with E-state index in [-0.39, 0.29) is 17.9 Å². The van der Waals surface area contributed by atoms with Gasteiger partial charge >= 0.3 is 0 Å². The molecule has 3 heterocycles. The molecule has 8 heteroatoms. The molecule has 2 aliphatic heterocycles. The Hall–Kier alpha value is -3.29. The minimum Gasteiger partial charge on any atom is -0.498 e. The number of hydrogen-bond acceptors (Lipinski definition) is 6. The van der Waals surface area contributed by atoms with Gasteiger partial charge in [-0.25, -0.2) is 0 Å². The molecule has 0 spiro atoms. The van der Waals surface area contributed by atoms with E-state index in [1.165, 1.54) is 0 Å². The highest BCUT2D eigenvalue weighted by atomic mass is 16.5. The Kier molecular flexibility index (Phi) is 5.48. The normalized spacial score (nSPS) is 21.1. The third kappa shape index (κ3) is 4.17. The van der Waals surface area contributed by atoms with Crippen molar-refractivity contribution in [2.75, 3.05) is 17.2 Å². The second-order valence-corrected chi connectivity index (χ2v) is 7.83. The highest BCUT2D eigenvalue weighted by Gasteiger charge is 2.28. The summed E-state index contributed by atoms with van der Waals surface area (Å²) in [6, 6.07) is 5.49. The summed E-state index contributed by atoms with van der Waals surface area (Å²) in [7, 11) is 0. The van der Waals surface area contributed by atoms with Crippen molar-refractivity contribution in [3.63, 3.8) is 0 Å². The van der Waals surface area contributed by atoms with E-state index in [1.54, 1.807) is 0 Å². The quantitative estimate of drug-likeness (QED) is 0.699. The first-order valence-electron chi connectivity index (χ1n) is 10.2. The summed E-state index contributed by atoms with van der Waals surface area (Å²) in [4.78, 5) is 24.3. The summed E-state index contributed by atoms with van der Waals surface area (Å²) in [5.74, 6) is 1.15. The van der Waals surface area contributed by atoms with Crippen molar-refractivity contribution in [3.05, 3.63) is 42.0 Å². The van der Waals surface area contributed by atoms with Gasteiger partial charge in [0, 0.05) is 30.9 Å². The monoisotopic (exact) mass is 410 g/mol. The van der Waals surface area contributed by atoms with E-state index in [9.17, 15) is 9.59 Å². The molecule has 1 unspecified atom stereocenters. The number of aryl methyl sites for hydroxylation is 2. The predicted octanol–water partition coefficient (Wildman–Crippen LogP) is 3.28. The molecule has 0 saturated carbocycles. The summed E-state index contributed by atoms with van der Waals surface area (Å²) in [5.41, 5.74) is 4.05. The van der Waals surface area contributed by atoms with E-state index >= 15 is 0 Å². The number of nitrogens with one attached hydrogen (secondary N) is 3. The Morgan fingerprint density at radius 2 is 2.10 bits per heavy atom. The lowest BCUT2D eigenvalue weighted by Crippen LogP contribution is -2.37. The Morgan fingerprint density at radius 3 is 2.77 bits per heavy atom. The minimum atomic E-state index is -0.518. The molecule has 2 atom stereocenters. The first-order chi connectivity index (χ1) is 14.4. The van der Waals surface area contributed by atoms with Crippen LogP contribution < -0.4 is 16.0 Å². The average molecular weight is 410 g/mol. The lowest BCUT2D eigenvalue weighted by Gasteiger charge is -2.27. The number of amides is 2. The second-order valence-electron chi connectivity index (χ2n) is 7.83. The number of benzene rings is 1. The molecule has 2 aromatic rings. The average Bonchev–Trinajstić information content (AvgIpc) is 3.29. The number of ether oxygens (including phenoxy) is 1. The molecule has 0 radical (unpaired) electrons. The van der Waals surface area contributed by atoms with Gasteiger partial charge in [-0.1, -0.05) is 17.8 Å². The second kappa shape index (κ2) is 8.22. The lowest BCUT2D eigenvalue weighted by molar-refractivity contribution is -0.122. The number of carbonyl (C=O) groups is 2. The van der Waals surface area contributed by atoms with Gasteiger partial charge in [0.15, 0.2) is 0 Å². The van der Waals surface area contributed by atoms with Crippen LogP contribution in [0, 0.1) is 13.8 Å². The predicted molar refractivity (Wildman–Crippen MR) is 113 cm³/mol. The van der Waals surface area contributed by atoms with Crippen LogP contribution in [0.4, 0.5) is 11.4 Å². The Bertz CT molecular complexity index is 978. The summed E-state index contributed by atoms with van der Waals surface area (Å²) in [5, 5.41) is 13.2. The third-order valence-electron chi connectivity index (χ3n) is 5.52. The molecule has 1 aromatic heterocycles. The van der Waals surface area contributed by atoms with Crippen LogP contribution in [0.1, 0.15) is 37.1 Å². The Labute approximate surface area is 175 Å². The van der Waals surface area contributed by atoms with E-state index in [0.29, 0.717) is 37.3 Å². The van der Waals surface area contributed by atoms with Gasteiger partial charge in [-0.15, -0.1) is 0 Å². The molecule has 8 nitrogen and oxygen atoms in total. The van der Waals surface area contributed by atoms with Crippen LogP contribution in [0.25, 0.3) is 11.1 Å². The zero-order valence-electron chi connectivity index (χ0n) is 17.2. The van der Waals surface area contributed by atoms with Gasteiger partial charge in [0.25, 0.3) is 0 Å². The SMILES string of the molecule is C=C1CC(Nc2ccc(-c3c(C)noc3C)cc2NC(=O)[C@@H]2CCC(=O)N2)CCO1. The summed E-state index contributed by atoms with van der Waals surface area (Å²) in [6.07, 6.45) is 2.41. The van der Waals surface area contributed by atoms with Crippen LogP contribution in [0.5, 0.6) is 0 Å². The molecule has 3 N–H and O–H groups in total. The van der Waals surface area contributed by atoms with Gasteiger partial charge in [-0.05, 0) is 38.0 Å². The molecule has 30 heavy (non-hydrogen) atoms. The maximum Gasteiger partial charge on any atom is 0.247 e. The van der Waals surface area contributed by atoms with E-state index in [0.717, 1.165) is 34.7 Å². The fourth-order valence-corrected chi connectivity index (χ4v) is 3.98. The molecule has 0 aliphatic carbocycles. The van der Waals surface area contributed by atoms with Crippen LogP contribution in [-0.4, -0.2) is 35.7 Å². The number of nitrogens with zero attached hydrogens (tertiary/aromatic N) is 1. The zero-order valence-corrected chi connectivity index (χ0v) is 17.2. The van der Waals surface area contributed by atoms with Gasteiger partial charge in [-0.2, -0.15) is 0 Å². The third-order valence-corrected chi connectivity index (χ3v) is 5.52. The molecular weight excluding hydrogens is 384 g/mol. The van der Waals surface area contributed by atoms with Gasteiger partial charge in [0.05, 0.1) is 29.4 Å². The number of hydrogen-bond donors (Lipinski definition) is 3. The van der Waals surface area contributed by atoms with E-state index in [4.69, 9.17) is 9.26 Å². The van der Waals surface area contributed by atoms with Gasteiger partial charge < -0.3 is 25.2 Å². The molecular formula is C22H26N4O4. The molecule has 4 rings (SSSR count). The van der Waals surface area contributed by atoms with Crippen LogP contribution >= 0.6 is 0 Å². The van der Waals surface area contributed by atoms with E-state index in [2.05, 4.69) is 27.7 Å². The fraction of sp³-hybridized carbons (Fsp3) is 0.409. The molecule has 1 aromatic carbocycles. The topological polar surface area (TPSA) is 105 Å². The molecule has 158 valence electrons. The summed E-state index contributed by atoms with van der Waals surface area (Å²) >= 11 is 0. The maximum atomic E-state index is 12.8. The van der Waals surface area contributed by atoms with Crippen LogP contribution in [0.15, 0.2) is 35.1 Å². The maximum absolute atomic E-state index is 12.8. The van der Waals surface area contributed by atoms with Crippen LogP contribution in [0.3, 0.4) is 0 Å². The standard InChI is InChI=1S/C22H26N4O4/c1-12-10-16(8-9-29-12)23-17-5-4-15(21-13(2)26-30-14(21)3)11-19(17)25-22(28)18-6-7-20(27)24-18/h4-5,11,16,18,23H,1,6-10H2,2-3H3,(H,24,27)(H,25,28)/t16?,18-/m0/s1. The van der Waals surface area contributed by atoms with Crippen molar-refractivity contribution in [3.8, 4) is 11.1 Å². The molecule has 2 fully saturated rings. The smallest absolute Gasteiger partial charge is 0.247 e. The highest BCUT2D eigenvalue weighted by Crippen LogP contribution is 2.34. The Morgan fingerprint density at radius 1 is 1.27 bits per heavy atom. The largest absolute Gasteiger partial charge is 0.498 e. The molecule has 2 amide bonds.